The minimum Gasteiger partial charge on any atom is -0.318 e. The number of aromatic nitrogens is 3. The largest absolute Gasteiger partial charge is 0.318 e. The first kappa shape index (κ1) is 19.6. The van der Waals surface area contributed by atoms with E-state index in [-0.39, 0.29) is 27.4 Å². The summed E-state index contributed by atoms with van der Waals surface area (Å²) in [6.07, 6.45) is 1.21. The predicted molar refractivity (Wildman–Crippen MR) is 103 cm³/mol. The van der Waals surface area contributed by atoms with Crippen LogP contribution in [-0.4, -0.2) is 20.1 Å². The highest BCUT2D eigenvalue weighted by molar-refractivity contribution is 6.41. The van der Waals surface area contributed by atoms with Crippen molar-refractivity contribution in [2.45, 2.75) is 20.4 Å². The Morgan fingerprint density at radius 2 is 1.85 bits per heavy atom. The minimum absolute atomic E-state index is 0.0144. The molecule has 0 saturated heterocycles. The highest BCUT2D eigenvalue weighted by Crippen LogP contribution is 2.25. The van der Waals surface area contributed by atoms with Crippen LogP contribution < -0.4 is 5.56 Å². The molecule has 0 aliphatic heterocycles. The normalized spacial score (nSPS) is 11.0. The lowest BCUT2D eigenvalue weighted by atomic mass is 10.1. The van der Waals surface area contributed by atoms with Crippen LogP contribution in [-0.2, 0) is 6.54 Å². The number of rotatable bonds is 4. The summed E-state index contributed by atoms with van der Waals surface area (Å²) in [5, 5.41) is 3.66. The number of ketones is 1. The SMILES string of the molecule is Cc1cc(C(=O)Cn2ncc(Cl)c(Cl)c2=O)c(C)n1-c1ccc(F)c(Cl)c1. The summed E-state index contributed by atoms with van der Waals surface area (Å²) in [6.45, 7) is 3.28. The summed E-state index contributed by atoms with van der Waals surface area (Å²) in [7, 11) is 0. The quantitative estimate of drug-likeness (QED) is 0.569. The molecule has 140 valence electrons. The molecule has 2 aromatic heterocycles. The molecule has 0 radical (unpaired) electrons. The van der Waals surface area contributed by atoms with Crippen molar-refractivity contribution in [2.24, 2.45) is 0 Å². The Balaban J connectivity index is 1.99. The molecule has 0 saturated carbocycles. The third-order valence-corrected chi connectivity index (χ3v) is 5.17. The molecule has 0 atom stereocenters. The molecule has 0 unspecified atom stereocenters. The molecule has 0 spiro atoms. The van der Waals surface area contributed by atoms with Gasteiger partial charge in [0.2, 0.25) is 0 Å². The molecular weight excluding hydrogens is 416 g/mol. The molecule has 0 N–H and O–H groups in total. The van der Waals surface area contributed by atoms with Gasteiger partial charge in [-0.05, 0) is 38.1 Å². The van der Waals surface area contributed by atoms with Crippen LogP contribution in [0, 0.1) is 19.7 Å². The zero-order chi connectivity index (χ0) is 19.9. The Bertz CT molecular complexity index is 1120. The van der Waals surface area contributed by atoms with Gasteiger partial charge in [-0.2, -0.15) is 5.10 Å². The number of carbonyl (C=O) groups is 1. The van der Waals surface area contributed by atoms with E-state index in [2.05, 4.69) is 5.10 Å². The molecule has 0 aliphatic carbocycles. The van der Waals surface area contributed by atoms with Crippen molar-refractivity contribution < 1.29 is 9.18 Å². The maximum absolute atomic E-state index is 13.4. The molecule has 3 aromatic rings. The van der Waals surface area contributed by atoms with E-state index >= 15 is 0 Å². The molecule has 0 aliphatic rings. The van der Waals surface area contributed by atoms with Crippen molar-refractivity contribution in [1.29, 1.82) is 0 Å². The van der Waals surface area contributed by atoms with E-state index in [4.69, 9.17) is 34.8 Å². The predicted octanol–water partition coefficient (Wildman–Crippen LogP) is 4.63. The number of Topliss-reactive ketones (excluding diaryl/α,β-unsaturated/α-hetero) is 1. The van der Waals surface area contributed by atoms with Crippen LogP contribution in [0.3, 0.4) is 0 Å². The Hall–Kier alpha value is -2.15. The molecule has 0 bridgehead atoms. The van der Waals surface area contributed by atoms with Gasteiger partial charge in [0.05, 0.1) is 16.2 Å². The molecular formula is C18H13Cl3FN3O2. The highest BCUT2D eigenvalue weighted by atomic mass is 35.5. The molecule has 2 heterocycles. The fourth-order valence-corrected chi connectivity index (χ4v) is 3.29. The minimum atomic E-state index is -0.642. The van der Waals surface area contributed by atoms with Gasteiger partial charge in [-0.3, -0.25) is 9.59 Å². The zero-order valence-electron chi connectivity index (χ0n) is 14.3. The van der Waals surface area contributed by atoms with E-state index in [0.717, 1.165) is 10.4 Å². The van der Waals surface area contributed by atoms with Crippen LogP contribution in [0.4, 0.5) is 4.39 Å². The number of hydrogen-bond acceptors (Lipinski definition) is 3. The lowest BCUT2D eigenvalue weighted by Crippen LogP contribution is -2.27. The second-order valence-electron chi connectivity index (χ2n) is 5.91. The van der Waals surface area contributed by atoms with Crippen molar-refractivity contribution in [3.05, 3.63) is 78.7 Å². The van der Waals surface area contributed by atoms with E-state index < -0.39 is 11.4 Å². The van der Waals surface area contributed by atoms with Gasteiger partial charge in [-0.1, -0.05) is 34.8 Å². The Morgan fingerprint density at radius 3 is 2.52 bits per heavy atom. The van der Waals surface area contributed by atoms with Crippen molar-refractivity contribution in [3.63, 3.8) is 0 Å². The fourth-order valence-electron chi connectivity index (χ4n) is 2.85. The van der Waals surface area contributed by atoms with Crippen LogP contribution in [0.15, 0.2) is 35.3 Å². The molecule has 9 heteroatoms. The van der Waals surface area contributed by atoms with Gasteiger partial charge in [0.25, 0.3) is 5.56 Å². The average Bonchev–Trinajstić information content (AvgIpc) is 2.92. The summed E-state index contributed by atoms with van der Waals surface area (Å²) < 4.78 is 16.2. The zero-order valence-corrected chi connectivity index (χ0v) is 16.5. The second-order valence-corrected chi connectivity index (χ2v) is 7.10. The maximum Gasteiger partial charge on any atom is 0.287 e. The first-order chi connectivity index (χ1) is 12.7. The number of halogens is 4. The third kappa shape index (κ3) is 3.65. The van der Waals surface area contributed by atoms with Crippen LogP contribution in [0.2, 0.25) is 15.1 Å². The van der Waals surface area contributed by atoms with E-state index in [1.165, 1.54) is 18.3 Å². The molecule has 0 fully saturated rings. The van der Waals surface area contributed by atoms with Gasteiger partial charge in [0.1, 0.15) is 17.4 Å². The van der Waals surface area contributed by atoms with E-state index in [1.54, 1.807) is 23.6 Å². The van der Waals surface area contributed by atoms with Crippen LogP contribution in [0.1, 0.15) is 21.7 Å². The average molecular weight is 429 g/mol. The number of carbonyl (C=O) groups excluding carboxylic acids is 1. The summed E-state index contributed by atoms with van der Waals surface area (Å²) in [6, 6.07) is 6.01. The monoisotopic (exact) mass is 427 g/mol. The molecule has 3 rings (SSSR count). The topological polar surface area (TPSA) is 56.9 Å². The van der Waals surface area contributed by atoms with Crippen LogP contribution in [0.5, 0.6) is 0 Å². The summed E-state index contributed by atoms with van der Waals surface area (Å²) in [5.74, 6) is -0.847. The van der Waals surface area contributed by atoms with Gasteiger partial charge >= 0.3 is 0 Å². The molecule has 5 nitrogen and oxygen atoms in total. The van der Waals surface area contributed by atoms with Crippen molar-refractivity contribution in [2.75, 3.05) is 0 Å². The maximum atomic E-state index is 13.4. The first-order valence-corrected chi connectivity index (χ1v) is 8.92. The van der Waals surface area contributed by atoms with Gasteiger partial charge in [-0.15, -0.1) is 0 Å². The fraction of sp³-hybridized carbons (Fsp3) is 0.167. The van der Waals surface area contributed by atoms with E-state index in [1.807, 2.05) is 6.92 Å². The van der Waals surface area contributed by atoms with Gasteiger partial charge in [-0.25, -0.2) is 9.07 Å². The van der Waals surface area contributed by atoms with Crippen LogP contribution in [0.25, 0.3) is 5.69 Å². The highest BCUT2D eigenvalue weighted by Gasteiger charge is 2.19. The van der Waals surface area contributed by atoms with Gasteiger partial charge < -0.3 is 4.57 Å². The van der Waals surface area contributed by atoms with E-state index in [9.17, 15) is 14.0 Å². The number of hydrogen-bond donors (Lipinski definition) is 0. The lowest BCUT2D eigenvalue weighted by Gasteiger charge is -2.11. The number of aryl methyl sites for hydroxylation is 1. The molecule has 1 aromatic carbocycles. The molecule has 27 heavy (non-hydrogen) atoms. The molecule has 0 amide bonds. The Kier molecular flexibility index (Phi) is 5.42. The van der Waals surface area contributed by atoms with Crippen molar-refractivity contribution >= 4 is 40.6 Å². The lowest BCUT2D eigenvalue weighted by molar-refractivity contribution is 0.0965. The van der Waals surface area contributed by atoms with Crippen LogP contribution >= 0.6 is 34.8 Å². The Labute approximate surface area is 168 Å². The number of benzene rings is 1. The van der Waals surface area contributed by atoms with E-state index in [0.29, 0.717) is 16.9 Å². The summed E-state index contributed by atoms with van der Waals surface area (Å²) in [4.78, 5) is 24.8. The van der Waals surface area contributed by atoms with Crippen molar-refractivity contribution in [3.8, 4) is 5.69 Å². The Morgan fingerprint density at radius 1 is 1.15 bits per heavy atom. The second kappa shape index (κ2) is 7.46. The van der Waals surface area contributed by atoms with Gasteiger partial charge in [0.15, 0.2) is 5.78 Å². The summed E-state index contributed by atoms with van der Waals surface area (Å²) in [5.41, 5.74) is 1.78. The number of nitrogens with zero attached hydrogens (tertiary/aromatic N) is 3. The summed E-state index contributed by atoms with van der Waals surface area (Å²) >= 11 is 17.4. The van der Waals surface area contributed by atoms with Crippen molar-refractivity contribution in [1.82, 2.24) is 14.3 Å². The standard InChI is InChI=1S/C18H13Cl3FN3O2/c1-9-5-12(10(2)25(9)11-3-4-15(22)13(19)6-11)16(26)8-24-18(27)17(21)14(20)7-23-24/h3-7H,8H2,1-2H3. The third-order valence-electron chi connectivity index (χ3n) is 4.13. The first-order valence-electron chi connectivity index (χ1n) is 7.79. The van der Waals surface area contributed by atoms with Gasteiger partial charge in [0, 0.05) is 22.6 Å². The smallest absolute Gasteiger partial charge is 0.287 e.